The monoisotopic (exact) mass is 490 g/mol. The zero-order valence-corrected chi connectivity index (χ0v) is 20.0. The molecule has 3 aromatic rings. The van der Waals surface area contributed by atoms with E-state index in [0.717, 1.165) is 9.87 Å². The van der Waals surface area contributed by atoms with Crippen LogP contribution in [0.15, 0.2) is 53.4 Å². The first-order valence-corrected chi connectivity index (χ1v) is 11.7. The molecule has 11 heteroatoms. The van der Waals surface area contributed by atoms with Gasteiger partial charge >= 0.3 is 5.97 Å². The number of carbonyl (C=O) groups excluding carboxylic acids is 2. The van der Waals surface area contributed by atoms with E-state index in [1.807, 2.05) is 0 Å². The second kappa shape index (κ2) is 9.74. The summed E-state index contributed by atoms with van der Waals surface area (Å²) in [6.45, 7) is 3.14. The van der Waals surface area contributed by atoms with Gasteiger partial charge in [0.25, 0.3) is 5.91 Å². The maximum absolute atomic E-state index is 12.6. The number of rotatable bonds is 7. The topological polar surface area (TPSA) is 121 Å². The number of H-pyrrole nitrogens is 1. The van der Waals surface area contributed by atoms with Gasteiger partial charge in [0.2, 0.25) is 10.0 Å². The molecule has 3 rings (SSSR count). The normalized spacial score (nSPS) is 12.4. The van der Waals surface area contributed by atoms with E-state index in [0.29, 0.717) is 22.0 Å². The number of ether oxygens (including phenoxy) is 1. The summed E-state index contributed by atoms with van der Waals surface area (Å²) in [6, 6.07) is 12.9. The van der Waals surface area contributed by atoms with Gasteiger partial charge in [-0.15, -0.1) is 0 Å². The van der Waals surface area contributed by atoms with Gasteiger partial charge in [-0.25, -0.2) is 17.5 Å². The molecule has 0 aliphatic carbocycles. The smallest absolute Gasteiger partial charge is 0.357 e. The highest BCUT2D eigenvalue weighted by molar-refractivity contribution is 7.89. The van der Waals surface area contributed by atoms with E-state index < -0.39 is 28.0 Å². The van der Waals surface area contributed by atoms with E-state index in [1.165, 1.54) is 39.2 Å². The predicted octanol–water partition coefficient (Wildman–Crippen LogP) is 3.47. The first-order chi connectivity index (χ1) is 15.5. The number of hydrogen-bond donors (Lipinski definition) is 2. The molecule has 174 valence electrons. The Bertz CT molecular complexity index is 1290. The molecule has 0 bridgehead atoms. The number of carbonyl (C=O) groups is 2. The largest absolute Gasteiger partial charge is 0.448 e. The number of anilines is 1. The second-order valence-electron chi connectivity index (χ2n) is 7.47. The molecule has 0 saturated carbocycles. The summed E-state index contributed by atoms with van der Waals surface area (Å²) >= 11 is 5.88. The lowest BCUT2D eigenvalue weighted by Gasteiger charge is -2.16. The maximum atomic E-state index is 12.6. The number of sulfonamides is 1. The molecule has 0 fully saturated rings. The number of nitrogens with zero attached hydrogens (tertiary/aromatic N) is 2. The van der Waals surface area contributed by atoms with Gasteiger partial charge in [-0.1, -0.05) is 29.8 Å². The van der Waals surface area contributed by atoms with Crippen LogP contribution < -0.4 is 5.32 Å². The average molecular weight is 491 g/mol. The van der Waals surface area contributed by atoms with Crippen molar-refractivity contribution in [3.63, 3.8) is 0 Å². The van der Waals surface area contributed by atoms with Crippen molar-refractivity contribution in [3.8, 4) is 11.3 Å². The van der Waals surface area contributed by atoms with Crippen LogP contribution in [0.5, 0.6) is 0 Å². The van der Waals surface area contributed by atoms with Crippen LogP contribution in [0.4, 0.5) is 5.69 Å². The molecule has 0 aliphatic rings. The number of aromatic nitrogens is 2. The van der Waals surface area contributed by atoms with Crippen molar-refractivity contribution in [1.82, 2.24) is 14.5 Å². The Hall–Kier alpha value is -3.21. The minimum Gasteiger partial charge on any atom is -0.448 e. The number of nitrogens with one attached hydrogen (secondary N) is 2. The third-order valence-electron chi connectivity index (χ3n) is 4.84. The lowest BCUT2D eigenvalue weighted by molar-refractivity contribution is -0.123. The summed E-state index contributed by atoms with van der Waals surface area (Å²) in [7, 11) is -0.833. The molecule has 1 amide bonds. The van der Waals surface area contributed by atoms with Crippen molar-refractivity contribution in [2.24, 2.45) is 0 Å². The highest BCUT2D eigenvalue weighted by Gasteiger charge is 2.23. The standard InChI is InChI=1S/C22H23ClN4O5S/c1-13-5-10-17(33(30,31)27(3)4)11-18(13)24-21(28)14(2)32-22(29)20-12-19(25-26-20)15-6-8-16(23)9-7-15/h5-12,14H,1-4H3,(H,24,28)(H,25,26). The summed E-state index contributed by atoms with van der Waals surface area (Å²) in [5.41, 5.74) is 2.31. The fourth-order valence-corrected chi connectivity index (χ4v) is 3.87. The van der Waals surface area contributed by atoms with Crippen molar-refractivity contribution < 1.29 is 22.7 Å². The molecular formula is C22H23ClN4O5S. The van der Waals surface area contributed by atoms with Crippen LogP contribution >= 0.6 is 11.6 Å². The molecule has 0 radical (unpaired) electrons. The molecule has 2 aromatic carbocycles. The number of aryl methyl sites for hydroxylation is 1. The van der Waals surface area contributed by atoms with Crippen LogP contribution in [0, 0.1) is 6.92 Å². The van der Waals surface area contributed by atoms with E-state index in [-0.39, 0.29) is 10.6 Å². The van der Waals surface area contributed by atoms with Crippen LogP contribution in [0.2, 0.25) is 5.02 Å². The van der Waals surface area contributed by atoms with Crippen molar-refractivity contribution >= 4 is 39.2 Å². The molecule has 0 saturated heterocycles. The van der Waals surface area contributed by atoms with Crippen molar-refractivity contribution in [2.75, 3.05) is 19.4 Å². The number of esters is 1. The van der Waals surface area contributed by atoms with Crippen molar-refractivity contribution in [3.05, 3.63) is 64.8 Å². The zero-order chi connectivity index (χ0) is 24.3. The number of halogens is 1. The molecule has 0 aliphatic heterocycles. The minimum atomic E-state index is -3.67. The van der Waals surface area contributed by atoms with Crippen LogP contribution in [-0.4, -0.2) is 55.0 Å². The number of hydrogen-bond acceptors (Lipinski definition) is 6. The third kappa shape index (κ3) is 5.59. The number of amides is 1. The summed E-state index contributed by atoms with van der Waals surface area (Å²) in [5, 5.41) is 9.88. The van der Waals surface area contributed by atoms with Gasteiger partial charge in [-0.05, 0) is 49.7 Å². The Morgan fingerprint density at radius 1 is 1.12 bits per heavy atom. The summed E-state index contributed by atoms with van der Waals surface area (Å²) in [6.07, 6.45) is -1.15. The average Bonchev–Trinajstić information content (AvgIpc) is 3.26. The fourth-order valence-electron chi connectivity index (χ4n) is 2.81. The third-order valence-corrected chi connectivity index (χ3v) is 6.90. The highest BCUT2D eigenvalue weighted by atomic mass is 35.5. The predicted molar refractivity (Wildman–Crippen MR) is 125 cm³/mol. The second-order valence-corrected chi connectivity index (χ2v) is 10.1. The number of aromatic amines is 1. The van der Waals surface area contributed by atoms with Crippen LogP contribution in [-0.2, 0) is 19.6 Å². The molecule has 1 unspecified atom stereocenters. The molecule has 9 nitrogen and oxygen atoms in total. The maximum Gasteiger partial charge on any atom is 0.357 e. The zero-order valence-electron chi connectivity index (χ0n) is 18.4. The first kappa shape index (κ1) is 24.4. The number of benzene rings is 2. The quantitative estimate of drug-likeness (QED) is 0.489. The van der Waals surface area contributed by atoms with Crippen LogP contribution in [0.25, 0.3) is 11.3 Å². The Labute approximate surface area is 196 Å². The highest BCUT2D eigenvalue weighted by Crippen LogP contribution is 2.23. The Balaban J connectivity index is 1.69. The van der Waals surface area contributed by atoms with Gasteiger partial charge in [0.1, 0.15) is 5.69 Å². The Morgan fingerprint density at radius 3 is 2.42 bits per heavy atom. The molecule has 33 heavy (non-hydrogen) atoms. The van der Waals surface area contributed by atoms with E-state index in [9.17, 15) is 18.0 Å². The van der Waals surface area contributed by atoms with Gasteiger partial charge in [0, 0.05) is 30.4 Å². The molecular weight excluding hydrogens is 468 g/mol. The fraction of sp³-hybridized carbons (Fsp3) is 0.227. The summed E-state index contributed by atoms with van der Waals surface area (Å²) in [4.78, 5) is 25.1. The van der Waals surface area contributed by atoms with E-state index >= 15 is 0 Å². The van der Waals surface area contributed by atoms with Gasteiger partial charge < -0.3 is 10.1 Å². The lowest BCUT2D eigenvalue weighted by Crippen LogP contribution is -2.30. The van der Waals surface area contributed by atoms with Gasteiger partial charge in [-0.3, -0.25) is 9.89 Å². The summed E-state index contributed by atoms with van der Waals surface area (Å²) < 4.78 is 31.1. The van der Waals surface area contributed by atoms with E-state index in [4.69, 9.17) is 16.3 Å². The molecule has 1 heterocycles. The summed E-state index contributed by atoms with van der Waals surface area (Å²) in [5.74, 6) is -1.37. The van der Waals surface area contributed by atoms with Crippen LogP contribution in [0.3, 0.4) is 0 Å². The molecule has 1 atom stereocenters. The van der Waals surface area contributed by atoms with Gasteiger partial charge in [0.15, 0.2) is 6.10 Å². The van der Waals surface area contributed by atoms with Crippen LogP contribution in [0.1, 0.15) is 23.0 Å². The van der Waals surface area contributed by atoms with Gasteiger partial charge in [0.05, 0.1) is 10.6 Å². The van der Waals surface area contributed by atoms with E-state index in [2.05, 4.69) is 15.5 Å². The Morgan fingerprint density at radius 2 is 1.79 bits per heavy atom. The molecule has 1 aromatic heterocycles. The van der Waals surface area contributed by atoms with Gasteiger partial charge in [-0.2, -0.15) is 5.10 Å². The first-order valence-electron chi connectivity index (χ1n) is 9.85. The minimum absolute atomic E-state index is 0.0326. The van der Waals surface area contributed by atoms with Crippen molar-refractivity contribution in [2.45, 2.75) is 24.8 Å². The SMILES string of the molecule is Cc1ccc(S(=O)(=O)N(C)C)cc1NC(=O)C(C)OC(=O)c1cc(-c2ccc(Cl)cc2)n[nH]1. The Kier molecular flexibility index (Phi) is 7.21. The van der Waals surface area contributed by atoms with E-state index in [1.54, 1.807) is 37.3 Å². The lowest BCUT2D eigenvalue weighted by atomic mass is 10.1. The molecule has 2 N–H and O–H groups in total. The molecule has 0 spiro atoms. The van der Waals surface area contributed by atoms with Crippen molar-refractivity contribution in [1.29, 1.82) is 0 Å².